The molecule has 2 saturated heterocycles. The van der Waals surface area contributed by atoms with Crippen LogP contribution >= 0.6 is 11.6 Å². The van der Waals surface area contributed by atoms with Crippen LogP contribution < -0.4 is 9.64 Å². The molecule has 1 unspecified atom stereocenters. The van der Waals surface area contributed by atoms with E-state index in [2.05, 4.69) is 24.8 Å². The van der Waals surface area contributed by atoms with Crippen molar-refractivity contribution in [2.24, 2.45) is 0 Å². The van der Waals surface area contributed by atoms with E-state index in [0.717, 1.165) is 19.6 Å². The fraction of sp³-hybridized carbons (Fsp3) is 0.769. The number of nitrogens with zero attached hydrogens (tertiary/aromatic N) is 5. The minimum atomic E-state index is 0.0213. The van der Waals surface area contributed by atoms with Gasteiger partial charge in [0.15, 0.2) is 0 Å². The lowest BCUT2D eigenvalue weighted by molar-refractivity contribution is 0.218. The highest BCUT2D eigenvalue weighted by Crippen LogP contribution is 2.24. The van der Waals surface area contributed by atoms with Gasteiger partial charge >= 0.3 is 6.01 Å². The van der Waals surface area contributed by atoms with Gasteiger partial charge in [0, 0.05) is 25.7 Å². The van der Waals surface area contributed by atoms with E-state index < -0.39 is 0 Å². The lowest BCUT2D eigenvalue weighted by Crippen LogP contribution is -2.50. The molecule has 6 nitrogen and oxygen atoms in total. The molecule has 7 heteroatoms. The lowest BCUT2D eigenvalue weighted by Gasteiger charge is -2.37. The number of halogens is 1. The molecule has 110 valence electrons. The van der Waals surface area contributed by atoms with Crippen LogP contribution in [0.15, 0.2) is 0 Å². The molecule has 2 fully saturated rings. The van der Waals surface area contributed by atoms with E-state index in [1.165, 1.54) is 19.4 Å². The second-order valence-electron chi connectivity index (χ2n) is 5.63. The largest absolute Gasteiger partial charge is 0.461 e. The summed E-state index contributed by atoms with van der Waals surface area (Å²) in [6.45, 7) is 8.05. The number of fused-ring (bicyclic) bond motifs is 1. The predicted molar refractivity (Wildman–Crippen MR) is 77.4 cm³/mol. The molecule has 3 heterocycles. The summed E-state index contributed by atoms with van der Waals surface area (Å²) in [5, 5.41) is 0.194. The van der Waals surface area contributed by atoms with Crippen molar-refractivity contribution in [3.05, 3.63) is 5.28 Å². The average molecular weight is 298 g/mol. The molecule has 20 heavy (non-hydrogen) atoms. The number of hydrogen-bond acceptors (Lipinski definition) is 6. The topological polar surface area (TPSA) is 54.4 Å². The molecule has 1 aromatic rings. The molecule has 2 aliphatic rings. The van der Waals surface area contributed by atoms with Crippen LogP contribution in [0.4, 0.5) is 5.95 Å². The van der Waals surface area contributed by atoms with Crippen LogP contribution in [0, 0.1) is 0 Å². The summed E-state index contributed by atoms with van der Waals surface area (Å²) in [4.78, 5) is 17.4. The Balaban J connectivity index is 1.77. The van der Waals surface area contributed by atoms with E-state index in [4.69, 9.17) is 16.3 Å². The van der Waals surface area contributed by atoms with Gasteiger partial charge in [0.25, 0.3) is 0 Å². The quantitative estimate of drug-likeness (QED) is 0.845. The standard InChI is InChI=1S/C13H20ClN5O/c1-9(2)20-13-16-11(14)15-12(17-13)19-7-6-18-5-3-4-10(18)8-19/h9-10H,3-8H2,1-2H3. The first-order valence-electron chi connectivity index (χ1n) is 7.19. The Morgan fingerprint density at radius 3 is 2.85 bits per heavy atom. The van der Waals surface area contributed by atoms with Gasteiger partial charge in [-0.15, -0.1) is 0 Å². The molecule has 0 bridgehead atoms. The SMILES string of the molecule is CC(C)Oc1nc(Cl)nc(N2CCN3CCCC3C2)n1. The van der Waals surface area contributed by atoms with Crippen LogP contribution in [0.5, 0.6) is 6.01 Å². The van der Waals surface area contributed by atoms with Crippen LogP contribution in [0.3, 0.4) is 0 Å². The van der Waals surface area contributed by atoms with Crippen molar-refractivity contribution in [1.82, 2.24) is 19.9 Å². The monoisotopic (exact) mass is 297 g/mol. The van der Waals surface area contributed by atoms with Crippen molar-refractivity contribution in [2.75, 3.05) is 31.1 Å². The van der Waals surface area contributed by atoms with Crippen molar-refractivity contribution >= 4 is 17.5 Å². The molecule has 0 radical (unpaired) electrons. The highest BCUT2D eigenvalue weighted by Gasteiger charge is 2.31. The third-order valence-electron chi connectivity index (χ3n) is 3.79. The van der Waals surface area contributed by atoms with Crippen LogP contribution in [0.25, 0.3) is 0 Å². The van der Waals surface area contributed by atoms with Gasteiger partial charge in [-0.1, -0.05) is 0 Å². The van der Waals surface area contributed by atoms with E-state index >= 15 is 0 Å². The summed E-state index contributed by atoms with van der Waals surface area (Å²) >= 11 is 5.98. The van der Waals surface area contributed by atoms with Gasteiger partial charge in [0.2, 0.25) is 11.2 Å². The first kappa shape index (κ1) is 13.8. The molecule has 0 amide bonds. The number of rotatable bonds is 3. The van der Waals surface area contributed by atoms with Crippen molar-refractivity contribution in [2.45, 2.75) is 38.8 Å². The molecular formula is C13H20ClN5O. The molecule has 0 spiro atoms. The zero-order valence-electron chi connectivity index (χ0n) is 11.9. The van der Waals surface area contributed by atoms with Crippen LogP contribution in [0.1, 0.15) is 26.7 Å². The maximum atomic E-state index is 5.98. The fourth-order valence-electron chi connectivity index (χ4n) is 2.90. The molecule has 1 aromatic heterocycles. The van der Waals surface area contributed by atoms with Gasteiger partial charge in [0.1, 0.15) is 0 Å². The van der Waals surface area contributed by atoms with E-state index in [0.29, 0.717) is 18.0 Å². The number of ether oxygens (including phenoxy) is 1. The van der Waals surface area contributed by atoms with E-state index in [-0.39, 0.29) is 11.4 Å². The Kier molecular flexibility index (Phi) is 3.94. The number of aromatic nitrogens is 3. The molecule has 0 aliphatic carbocycles. The average Bonchev–Trinajstić information content (AvgIpc) is 2.84. The fourth-order valence-corrected chi connectivity index (χ4v) is 3.05. The number of anilines is 1. The van der Waals surface area contributed by atoms with E-state index in [1.807, 2.05) is 13.8 Å². The number of hydrogen-bond donors (Lipinski definition) is 0. The molecule has 0 N–H and O–H groups in total. The van der Waals surface area contributed by atoms with Crippen LogP contribution in [0.2, 0.25) is 5.28 Å². The third kappa shape index (κ3) is 2.96. The molecule has 2 aliphatic heterocycles. The molecule has 0 saturated carbocycles. The summed E-state index contributed by atoms with van der Waals surface area (Å²) < 4.78 is 5.53. The maximum absolute atomic E-state index is 5.98. The molecular weight excluding hydrogens is 278 g/mol. The summed E-state index contributed by atoms with van der Waals surface area (Å²) in [6.07, 6.45) is 2.57. The molecule has 3 rings (SSSR count). The second kappa shape index (κ2) is 5.69. The minimum Gasteiger partial charge on any atom is -0.461 e. The summed E-state index contributed by atoms with van der Waals surface area (Å²) in [7, 11) is 0. The van der Waals surface area contributed by atoms with Crippen LogP contribution in [-0.4, -0.2) is 58.2 Å². The van der Waals surface area contributed by atoms with Gasteiger partial charge in [-0.2, -0.15) is 15.0 Å². The molecule has 0 aromatic carbocycles. The first-order valence-corrected chi connectivity index (χ1v) is 7.57. The van der Waals surface area contributed by atoms with Crippen molar-refractivity contribution in [3.8, 4) is 6.01 Å². The normalized spacial score (nSPS) is 23.2. The van der Waals surface area contributed by atoms with Crippen LogP contribution in [-0.2, 0) is 0 Å². The highest BCUT2D eigenvalue weighted by molar-refractivity contribution is 6.28. The van der Waals surface area contributed by atoms with Gasteiger partial charge in [-0.25, -0.2) is 0 Å². The van der Waals surface area contributed by atoms with Gasteiger partial charge < -0.3 is 9.64 Å². The van der Waals surface area contributed by atoms with E-state index in [9.17, 15) is 0 Å². The first-order chi connectivity index (χ1) is 9.61. The Morgan fingerprint density at radius 2 is 2.05 bits per heavy atom. The Morgan fingerprint density at radius 1 is 1.20 bits per heavy atom. The van der Waals surface area contributed by atoms with Gasteiger partial charge in [0.05, 0.1) is 6.10 Å². The van der Waals surface area contributed by atoms with Crippen molar-refractivity contribution < 1.29 is 4.74 Å². The summed E-state index contributed by atoms with van der Waals surface area (Å²) in [6, 6.07) is 0.928. The number of piperazine rings is 1. The second-order valence-corrected chi connectivity index (χ2v) is 5.97. The smallest absolute Gasteiger partial charge is 0.322 e. The van der Waals surface area contributed by atoms with E-state index in [1.54, 1.807) is 0 Å². The zero-order valence-corrected chi connectivity index (χ0v) is 12.7. The Hall–Kier alpha value is -1.14. The van der Waals surface area contributed by atoms with Gasteiger partial charge in [-0.3, -0.25) is 4.90 Å². The lowest BCUT2D eigenvalue weighted by atomic mass is 10.2. The maximum Gasteiger partial charge on any atom is 0.322 e. The predicted octanol–water partition coefficient (Wildman–Crippen LogP) is 1.60. The van der Waals surface area contributed by atoms with Crippen molar-refractivity contribution in [1.29, 1.82) is 0 Å². The highest BCUT2D eigenvalue weighted by atomic mass is 35.5. The molecule has 1 atom stereocenters. The Bertz CT molecular complexity index is 484. The zero-order chi connectivity index (χ0) is 14.1. The minimum absolute atomic E-state index is 0.0213. The van der Waals surface area contributed by atoms with Crippen molar-refractivity contribution in [3.63, 3.8) is 0 Å². The third-order valence-corrected chi connectivity index (χ3v) is 3.96. The Labute approximate surface area is 124 Å². The summed E-state index contributed by atoms with van der Waals surface area (Å²) in [5.41, 5.74) is 0. The van der Waals surface area contributed by atoms with Gasteiger partial charge in [-0.05, 0) is 44.8 Å². The summed E-state index contributed by atoms with van der Waals surface area (Å²) in [5.74, 6) is 0.632.